The van der Waals surface area contributed by atoms with Crippen LogP contribution in [0.25, 0.3) is 10.2 Å². The standard InChI is InChI=1S/C20H21BrN2O3S2/c1-2-23-17-11-10-16(21)13-18(17)27-20(23)22-19(24)9-6-12-28(25,26)14-15-7-4-3-5-8-15/h3-5,7-8,10-11,13H,2,6,9,12,14H2,1H3. The van der Waals surface area contributed by atoms with Gasteiger partial charge in [-0.15, -0.1) is 0 Å². The number of carbonyl (C=O) groups is 1. The maximum Gasteiger partial charge on any atom is 0.248 e. The minimum Gasteiger partial charge on any atom is -0.317 e. The third-order valence-electron chi connectivity index (χ3n) is 4.26. The topological polar surface area (TPSA) is 68.5 Å². The Kier molecular flexibility index (Phi) is 6.85. The van der Waals surface area contributed by atoms with E-state index in [1.165, 1.54) is 11.3 Å². The summed E-state index contributed by atoms with van der Waals surface area (Å²) in [5.41, 5.74) is 1.80. The second-order valence-corrected chi connectivity index (χ2v) is 10.5. The number of thiazole rings is 1. The highest BCUT2D eigenvalue weighted by atomic mass is 79.9. The first-order valence-electron chi connectivity index (χ1n) is 8.99. The number of hydrogen-bond acceptors (Lipinski definition) is 4. The maximum atomic E-state index is 12.3. The molecule has 0 spiro atoms. The van der Waals surface area contributed by atoms with Crippen molar-refractivity contribution in [2.24, 2.45) is 4.99 Å². The third-order valence-corrected chi connectivity index (χ3v) is 7.48. The van der Waals surface area contributed by atoms with Crippen molar-refractivity contribution >= 4 is 53.2 Å². The van der Waals surface area contributed by atoms with Crippen molar-refractivity contribution in [2.45, 2.75) is 32.1 Å². The normalized spacial score (nSPS) is 12.6. The van der Waals surface area contributed by atoms with Crippen LogP contribution in [-0.2, 0) is 26.9 Å². The van der Waals surface area contributed by atoms with E-state index in [0.29, 0.717) is 11.3 Å². The van der Waals surface area contributed by atoms with Crippen LogP contribution in [-0.4, -0.2) is 24.6 Å². The molecular formula is C20H21BrN2O3S2. The number of hydrogen-bond donors (Lipinski definition) is 0. The number of halogens is 1. The molecule has 1 heterocycles. The number of rotatable bonds is 7. The van der Waals surface area contributed by atoms with Gasteiger partial charge in [-0.2, -0.15) is 4.99 Å². The van der Waals surface area contributed by atoms with Crippen LogP contribution >= 0.6 is 27.3 Å². The number of benzene rings is 2. The molecule has 1 amide bonds. The van der Waals surface area contributed by atoms with E-state index in [9.17, 15) is 13.2 Å². The Morgan fingerprint density at radius 3 is 2.64 bits per heavy atom. The van der Waals surface area contributed by atoms with E-state index in [1.807, 2.05) is 47.9 Å². The van der Waals surface area contributed by atoms with Crippen LogP contribution in [0.15, 0.2) is 58.0 Å². The molecule has 28 heavy (non-hydrogen) atoms. The lowest BCUT2D eigenvalue weighted by atomic mass is 10.2. The first-order valence-corrected chi connectivity index (χ1v) is 12.4. The summed E-state index contributed by atoms with van der Waals surface area (Å²) in [7, 11) is -3.24. The van der Waals surface area contributed by atoms with Gasteiger partial charge >= 0.3 is 0 Å². The summed E-state index contributed by atoms with van der Waals surface area (Å²) in [6, 6.07) is 15.0. The SMILES string of the molecule is CCn1c(=NC(=O)CCCS(=O)(=O)Cc2ccccc2)sc2cc(Br)ccc21. The summed E-state index contributed by atoms with van der Waals surface area (Å²) < 4.78 is 28.5. The van der Waals surface area contributed by atoms with Gasteiger partial charge in [0.2, 0.25) is 5.91 Å². The average molecular weight is 481 g/mol. The van der Waals surface area contributed by atoms with Gasteiger partial charge in [-0.25, -0.2) is 8.42 Å². The minimum atomic E-state index is -3.24. The zero-order chi connectivity index (χ0) is 20.1. The first kappa shape index (κ1) is 21.0. The molecule has 0 radical (unpaired) electrons. The molecule has 0 unspecified atom stereocenters. The molecule has 3 rings (SSSR count). The van der Waals surface area contributed by atoms with Crippen molar-refractivity contribution in [2.75, 3.05) is 5.75 Å². The molecule has 0 aliphatic heterocycles. The molecule has 8 heteroatoms. The fraction of sp³-hybridized carbons (Fsp3) is 0.300. The Balaban J connectivity index is 1.66. The third kappa shape index (κ3) is 5.40. The van der Waals surface area contributed by atoms with Gasteiger partial charge in [0.25, 0.3) is 0 Å². The van der Waals surface area contributed by atoms with E-state index in [0.717, 1.165) is 20.3 Å². The Hall–Kier alpha value is -1.77. The molecule has 0 atom stereocenters. The molecule has 0 saturated carbocycles. The lowest BCUT2D eigenvalue weighted by molar-refractivity contribution is -0.118. The van der Waals surface area contributed by atoms with Gasteiger partial charge in [0.1, 0.15) is 0 Å². The number of amides is 1. The van der Waals surface area contributed by atoms with Gasteiger partial charge in [-0.05, 0) is 37.1 Å². The Morgan fingerprint density at radius 2 is 1.93 bits per heavy atom. The van der Waals surface area contributed by atoms with Gasteiger partial charge in [0.15, 0.2) is 14.6 Å². The van der Waals surface area contributed by atoms with Crippen LogP contribution in [0.5, 0.6) is 0 Å². The molecule has 0 saturated heterocycles. The molecule has 0 bridgehead atoms. The van der Waals surface area contributed by atoms with Gasteiger partial charge in [0, 0.05) is 17.4 Å². The Bertz CT molecular complexity index is 1150. The van der Waals surface area contributed by atoms with Crippen LogP contribution in [0.3, 0.4) is 0 Å². The van der Waals surface area contributed by atoms with Crippen molar-refractivity contribution < 1.29 is 13.2 Å². The van der Waals surface area contributed by atoms with E-state index in [2.05, 4.69) is 20.9 Å². The van der Waals surface area contributed by atoms with E-state index in [1.54, 1.807) is 12.1 Å². The Labute approximate surface area is 176 Å². The highest BCUT2D eigenvalue weighted by molar-refractivity contribution is 9.10. The van der Waals surface area contributed by atoms with Crippen molar-refractivity contribution in [1.29, 1.82) is 0 Å². The molecule has 0 aliphatic carbocycles. The number of sulfone groups is 1. The lowest BCUT2D eigenvalue weighted by Gasteiger charge is -2.03. The summed E-state index contributed by atoms with van der Waals surface area (Å²) in [4.78, 5) is 17.2. The molecule has 0 N–H and O–H groups in total. The van der Waals surface area contributed by atoms with Gasteiger partial charge in [0.05, 0.1) is 21.7 Å². The molecule has 148 valence electrons. The highest BCUT2D eigenvalue weighted by Gasteiger charge is 2.13. The number of aromatic nitrogens is 1. The van der Waals surface area contributed by atoms with Gasteiger partial charge in [-0.1, -0.05) is 57.6 Å². The second-order valence-electron chi connectivity index (χ2n) is 6.43. The van der Waals surface area contributed by atoms with Crippen LogP contribution in [0.2, 0.25) is 0 Å². The predicted molar refractivity (Wildman–Crippen MR) is 117 cm³/mol. The molecule has 2 aromatic carbocycles. The summed E-state index contributed by atoms with van der Waals surface area (Å²) in [5.74, 6) is -0.307. The highest BCUT2D eigenvalue weighted by Crippen LogP contribution is 2.22. The average Bonchev–Trinajstić information content (AvgIpc) is 2.97. The minimum absolute atomic E-state index is 0.000198. The Morgan fingerprint density at radius 1 is 1.18 bits per heavy atom. The van der Waals surface area contributed by atoms with Crippen molar-refractivity contribution in [1.82, 2.24) is 4.57 Å². The van der Waals surface area contributed by atoms with E-state index >= 15 is 0 Å². The van der Waals surface area contributed by atoms with Crippen molar-refractivity contribution in [3.63, 3.8) is 0 Å². The van der Waals surface area contributed by atoms with Gasteiger partial charge in [-0.3, -0.25) is 4.79 Å². The first-order chi connectivity index (χ1) is 13.4. The lowest BCUT2D eigenvalue weighted by Crippen LogP contribution is -2.16. The largest absolute Gasteiger partial charge is 0.317 e. The molecular weight excluding hydrogens is 460 g/mol. The fourth-order valence-electron chi connectivity index (χ4n) is 2.94. The number of aryl methyl sites for hydroxylation is 1. The van der Waals surface area contributed by atoms with E-state index < -0.39 is 9.84 Å². The number of nitrogens with zero attached hydrogens (tertiary/aromatic N) is 2. The van der Waals surface area contributed by atoms with Crippen LogP contribution in [0.1, 0.15) is 25.3 Å². The van der Waals surface area contributed by atoms with Crippen LogP contribution in [0.4, 0.5) is 0 Å². The summed E-state index contributed by atoms with van der Waals surface area (Å²) in [6.07, 6.45) is 0.399. The summed E-state index contributed by atoms with van der Waals surface area (Å²) >= 11 is 4.92. The van der Waals surface area contributed by atoms with Crippen LogP contribution < -0.4 is 4.80 Å². The van der Waals surface area contributed by atoms with Crippen molar-refractivity contribution in [3.8, 4) is 0 Å². The molecule has 1 aromatic heterocycles. The monoisotopic (exact) mass is 480 g/mol. The van der Waals surface area contributed by atoms with Crippen LogP contribution in [0, 0.1) is 0 Å². The second kappa shape index (κ2) is 9.15. The molecule has 3 aromatic rings. The van der Waals surface area contributed by atoms with Crippen molar-refractivity contribution in [3.05, 3.63) is 63.4 Å². The number of carbonyl (C=O) groups excluding carboxylic acids is 1. The molecule has 5 nitrogen and oxygen atoms in total. The molecule has 0 fully saturated rings. The van der Waals surface area contributed by atoms with E-state index in [-0.39, 0.29) is 30.3 Å². The zero-order valence-electron chi connectivity index (χ0n) is 15.5. The smallest absolute Gasteiger partial charge is 0.248 e. The quantitative estimate of drug-likeness (QED) is 0.505. The van der Waals surface area contributed by atoms with Gasteiger partial charge < -0.3 is 4.57 Å². The zero-order valence-corrected chi connectivity index (χ0v) is 18.7. The van der Waals surface area contributed by atoms with E-state index in [4.69, 9.17) is 0 Å². The molecule has 0 aliphatic rings. The number of fused-ring (bicyclic) bond motifs is 1. The fourth-order valence-corrected chi connectivity index (χ4v) is 6.04. The summed E-state index contributed by atoms with van der Waals surface area (Å²) in [6.45, 7) is 2.72. The maximum absolute atomic E-state index is 12.3. The summed E-state index contributed by atoms with van der Waals surface area (Å²) in [5, 5.41) is 0. The predicted octanol–water partition coefficient (Wildman–Crippen LogP) is 4.31.